The van der Waals surface area contributed by atoms with E-state index in [2.05, 4.69) is 55.6 Å². The number of benzene rings is 3. The van der Waals surface area contributed by atoms with Crippen LogP contribution in [0.3, 0.4) is 0 Å². The normalized spacial score (nSPS) is 12.1. The fourth-order valence-corrected chi connectivity index (χ4v) is 3.01. The summed E-state index contributed by atoms with van der Waals surface area (Å²) < 4.78 is 5.74. The van der Waals surface area contributed by atoms with Crippen LogP contribution in [0.2, 0.25) is 0 Å². The third-order valence-electron chi connectivity index (χ3n) is 4.57. The second kappa shape index (κ2) is 8.26. The Balaban J connectivity index is 1.63. The second-order valence-corrected chi connectivity index (χ2v) is 7.83. The van der Waals surface area contributed by atoms with Crippen molar-refractivity contribution in [1.82, 2.24) is 5.43 Å². The Hall–Kier alpha value is -3.14. The van der Waals surface area contributed by atoms with Crippen molar-refractivity contribution in [2.75, 3.05) is 6.61 Å². The van der Waals surface area contributed by atoms with Crippen LogP contribution >= 0.6 is 0 Å². The summed E-state index contributed by atoms with van der Waals surface area (Å²) in [6, 6.07) is 22.1. The molecular formula is C24H26N2O2. The molecular weight excluding hydrogens is 348 g/mol. The summed E-state index contributed by atoms with van der Waals surface area (Å²) in [5.74, 6) is 0.434. The molecule has 0 aliphatic rings. The fraction of sp³-hybridized carbons (Fsp3) is 0.250. The molecule has 0 radical (unpaired) electrons. The van der Waals surface area contributed by atoms with Gasteiger partial charge in [-0.25, -0.2) is 5.43 Å². The topological polar surface area (TPSA) is 50.7 Å². The standard InChI is InChI=1S/C24H26N2O2/c1-17(19-14-13-18-9-5-6-10-20(18)15-19)25-26-23(27)16-28-22-12-8-7-11-21(22)24(2,3)4/h5-15H,16H2,1-4H3,(H,26,27). The van der Waals surface area contributed by atoms with Crippen molar-refractivity contribution in [2.24, 2.45) is 5.10 Å². The number of hydrogen-bond acceptors (Lipinski definition) is 3. The number of carbonyl (C=O) groups is 1. The Kier molecular flexibility index (Phi) is 5.78. The van der Waals surface area contributed by atoms with Crippen LogP contribution in [-0.2, 0) is 10.2 Å². The van der Waals surface area contributed by atoms with Gasteiger partial charge < -0.3 is 4.74 Å². The summed E-state index contributed by atoms with van der Waals surface area (Å²) in [5.41, 5.74) is 5.31. The smallest absolute Gasteiger partial charge is 0.277 e. The van der Waals surface area contributed by atoms with Crippen LogP contribution in [0.25, 0.3) is 10.8 Å². The summed E-state index contributed by atoms with van der Waals surface area (Å²) in [4.78, 5) is 12.2. The van der Waals surface area contributed by atoms with Crippen molar-refractivity contribution < 1.29 is 9.53 Å². The van der Waals surface area contributed by atoms with Gasteiger partial charge >= 0.3 is 0 Å². The molecule has 4 nitrogen and oxygen atoms in total. The van der Waals surface area contributed by atoms with Gasteiger partial charge in [-0.05, 0) is 46.4 Å². The molecule has 3 aromatic carbocycles. The minimum Gasteiger partial charge on any atom is -0.483 e. The lowest BCUT2D eigenvalue weighted by atomic mass is 9.86. The van der Waals surface area contributed by atoms with Gasteiger partial charge in [0.2, 0.25) is 0 Å². The minimum absolute atomic E-state index is 0.0576. The van der Waals surface area contributed by atoms with Crippen molar-refractivity contribution in [3.8, 4) is 5.75 Å². The molecule has 0 saturated carbocycles. The van der Waals surface area contributed by atoms with Crippen molar-refractivity contribution in [3.63, 3.8) is 0 Å². The highest BCUT2D eigenvalue weighted by atomic mass is 16.5. The number of hydrogen-bond donors (Lipinski definition) is 1. The zero-order valence-electron chi connectivity index (χ0n) is 16.8. The van der Waals surface area contributed by atoms with E-state index in [9.17, 15) is 4.79 Å². The van der Waals surface area contributed by atoms with Crippen LogP contribution in [0, 0.1) is 0 Å². The maximum absolute atomic E-state index is 12.2. The molecule has 0 fully saturated rings. The number of ether oxygens (including phenoxy) is 1. The fourth-order valence-electron chi connectivity index (χ4n) is 3.01. The summed E-state index contributed by atoms with van der Waals surface area (Å²) >= 11 is 0. The first-order valence-corrected chi connectivity index (χ1v) is 9.39. The first-order valence-electron chi connectivity index (χ1n) is 9.39. The number of hydrazone groups is 1. The molecule has 1 amide bonds. The van der Waals surface area contributed by atoms with Gasteiger partial charge in [0.15, 0.2) is 6.61 Å². The first kappa shape index (κ1) is 19.6. The Morgan fingerprint density at radius 2 is 1.64 bits per heavy atom. The van der Waals surface area contributed by atoms with Gasteiger partial charge in [0, 0.05) is 0 Å². The number of fused-ring (bicyclic) bond motifs is 1. The van der Waals surface area contributed by atoms with E-state index in [4.69, 9.17) is 4.74 Å². The number of amides is 1. The maximum Gasteiger partial charge on any atom is 0.277 e. The molecule has 0 saturated heterocycles. The van der Waals surface area contributed by atoms with Crippen LogP contribution in [0.1, 0.15) is 38.8 Å². The average molecular weight is 374 g/mol. The van der Waals surface area contributed by atoms with Gasteiger partial charge in [0.1, 0.15) is 5.75 Å². The van der Waals surface area contributed by atoms with Gasteiger partial charge in [0.25, 0.3) is 5.91 Å². The number of carbonyl (C=O) groups excluding carboxylic acids is 1. The predicted octanol–water partition coefficient (Wildman–Crippen LogP) is 5.06. The van der Waals surface area contributed by atoms with E-state index < -0.39 is 0 Å². The Morgan fingerprint density at radius 1 is 0.964 bits per heavy atom. The van der Waals surface area contributed by atoms with Crippen LogP contribution < -0.4 is 10.2 Å². The second-order valence-electron chi connectivity index (χ2n) is 7.83. The summed E-state index contributed by atoms with van der Waals surface area (Å²) in [5, 5.41) is 6.54. The summed E-state index contributed by atoms with van der Waals surface area (Å²) in [6.07, 6.45) is 0. The lowest BCUT2D eigenvalue weighted by Gasteiger charge is -2.22. The van der Waals surface area contributed by atoms with E-state index in [1.165, 1.54) is 5.39 Å². The lowest BCUT2D eigenvalue weighted by Crippen LogP contribution is -2.26. The lowest BCUT2D eigenvalue weighted by molar-refractivity contribution is -0.123. The highest BCUT2D eigenvalue weighted by molar-refractivity contribution is 6.02. The third-order valence-corrected chi connectivity index (χ3v) is 4.57. The maximum atomic E-state index is 12.2. The molecule has 0 heterocycles. The van der Waals surface area contributed by atoms with Gasteiger partial charge in [-0.1, -0.05) is 75.4 Å². The van der Waals surface area contributed by atoms with Gasteiger partial charge in [-0.15, -0.1) is 0 Å². The van der Waals surface area contributed by atoms with Gasteiger partial charge in [-0.3, -0.25) is 4.79 Å². The summed E-state index contributed by atoms with van der Waals surface area (Å²) in [7, 11) is 0. The largest absolute Gasteiger partial charge is 0.483 e. The average Bonchev–Trinajstić information content (AvgIpc) is 2.69. The number of nitrogens with zero attached hydrogens (tertiary/aromatic N) is 1. The zero-order chi connectivity index (χ0) is 20.1. The molecule has 28 heavy (non-hydrogen) atoms. The molecule has 144 valence electrons. The number of rotatable bonds is 5. The van der Waals surface area contributed by atoms with Gasteiger partial charge in [0.05, 0.1) is 5.71 Å². The van der Waals surface area contributed by atoms with Crippen molar-refractivity contribution in [1.29, 1.82) is 0 Å². The van der Waals surface area contributed by atoms with Crippen LogP contribution in [-0.4, -0.2) is 18.2 Å². The van der Waals surface area contributed by atoms with Crippen LogP contribution in [0.5, 0.6) is 5.75 Å². The minimum atomic E-state index is -0.288. The monoisotopic (exact) mass is 374 g/mol. The van der Waals surface area contributed by atoms with E-state index in [0.717, 1.165) is 28.0 Å². The molecule has 1 N–H and O–H groups in total. The number of nitrogens with one attached hydrogen (secondary N) is 1. The molecule has 0 bridgehead atoms. The zero-order valence-corrected chi connectivity index (χ0v) is 16.8. The van der Waals surface area contributed by atoms with E-state index in [1.807, 2.05) is 49.4 Å². The van der Waals surface area contributed by atoms with Gasteiger partial charge in [-0.2, -0.15) is 5.10 Å². The molecule has 4 heteroatoms. The molecule has 0 aliphatic heterocycles. The molecule has 3 rings (SSSR count). The summed E-state index contributed by atoms with van der Waals surface area (Å²) in [6.45, 7) is 8.15. The Morgan fingerprint density at radius 3 is 2.39 bits per heavy atom. The molecule has 0 atom stereocenters. The van der Waals surface area contributed by atoms with Crippen LogP contribution in [0.15, 0.2) is 71.8 Å². The Labute approximate surface area is 166 Å². The molecule has 0 aromatic heterocycles. The van der Waals surface area contributed by atoms with Crippen molar-refractivity contribution >= 4 is 22.4 Å². The molecule has 0 unspecified atom stereocenters. The third kappa shape index (κ3) is 4.77. The highest BCUT2D eigenvalue weighted by Crippen LogP contribution is 2.30. The Bertz CT molecular complexity index is 1020. The SMILES string of the molecule is CC(=NNC(=O)COc1ccccc1C(C)(C)C)c1ccc2ccccc2c1. The highest BCUT2D eigenvalue weighted by Gasteiger charge is 2.18. The predicted molar refractivity (Wildman–Crippen MR) is 115 cm³/mol. The number of para-hydroxylation sites is 1. The van der Waals surface area contributed by atoms with Crippen LogP contribution in [0.4, 0.5) is 0 Å². The van der Waals surface area contributed by atoms with Crippen molar-refractivity contribution in [3.05, 3.63) is 77.9 Å². The molecule has 0 aliphatic carbocycles. The van der Waals surface area contributed by atoms with Crippen molar-refractivity contribution in [2.45, 2.75) is 33.1 Å². The van der Waals surface area contributed by atoms with E-state index in [1.54, 1.807) is 0 Å². The first-order chi connectivity index (χ1) is 13.3. The van der Waals surface area contributed by atoms with E-state index in [0.29, 0.717) is 0 Å². The quantitative estimate of drug-likeness (QED) is 0.501. The van der Waals surface area contributed by atoms with E-state index >= 15 is 0 Å². The van der Waals surface area contributed by atoms with E-state index in [-0.39, 0.29) is 17.9 Å². The molecule has 0 spiro atoms. The molecule has 3 aromatic rings.